The summed E-state index contributed by atoms with van der Waals surface area (Å²) >= 11 is 0. The highest BCUT2D eigenvalue weighted by Crippen LogP contribution is 2.19. The van der Waals surface area contributed by atoms with Crippen LogP contribution in [0.5, 0.6) is 0 Å². The number of benzene rings is 1. The number of rotatable bonds is 3. The fourth-order valence-electron chi connectivity index (χ4n) is 1.97. The van der Waals surface area contributed by atoms with Crippen LogP contribution < -0.4 is 10.6 Å². The topological polar surface area (TPSA) is 103 Å². The highest BCUT2D eigenvalue weighted by molar-refractivity contribution is 5.99. The first-order valence-electron chi connectivity index (χ1n) is 6.65. The summed E-state index contributed by atoms with van der Waals surface area (Å²) in [5, 5.41) is 20.1. The van der Waals surface area contributed by atoms with Gasteiger partial charge in [0.2, 0.25) is 0 Å². The lowest BCUT2D eigenvalue weighted by Gasteiger charge is -2.09. The summed E-state index contributed by atoms with van der Waals surface area (Å²) in [6, 6.07) is 5.27. The summed E-state index contributed by atoms with van der Waals surface area (Å²) in [5.74, 6) is 0.332. The number of aromatic nitrogens is 6. The molecule has 3 aromatic rings. The molecule has 0 saturated heterocycles. The van der Waals surface area contributed by atoms with Gasteiger partial charge in [0.05, 0.1) is 0 Å². The van der Waals surface area contributed by atoms with Crippen molar-refractivity contribution in [3.63, 3.8) is 0 Å². The van der Waals surface area contributed by atoms with Gasteiger partial charge in [-0.1, -0.05) is 0 Å². The van der Waals surface area contributed by atoms with Crippen LogP contribution in [-0.2, 0) is 7.05 Å². The number of carbonyl (C=O) groups excluding carboxylic acids is 1. The van der Waals surface area contributed by atoms with Gasteiger partial charge in [0.1, 0.15) is 11.5 Å². The van der Waals surface area contributed by atoms with Crippen molar-refractivity contribution in [2.24, 2.45) is 7.05 Å². The minimum absolute atomic E-state index is 0.142. The molecule has 0 aliphatic rings. The first-order valence-corrected chi connectivity index (χ1v) is 6.65. The molecule has 2 amide bonds. The largest absolute Gasteiger partial charge is 0.324 e. The van der Waals surface area contributed by atoms with Gasteiger partial charge in [-0.3, -0.25) is 10.00 Å². The third-order valence-electron chi connectivity index (χ3n) is 3.01. The summed E-state index contributed by atoms with van der Waals surface area (Å²) in [5.41, 5.74) is 0.535. The van der Waals surface area contributed by atoms with Crippen LogP contribution in [-0.4, -0.2) is 36.0 Å². The predicted octanol–water partition coefficient (Wildman–Crippen LogP) is 1.49. The number of amides is 2. The van der Waals surface area contributed by atoms with E-state index < -0.39 is 11.8 Å². The Morgan fingerprint density at radius 3 is 2.74 bits per heavy atom. The molecule has 0 bridgehead atoms. The molecule has 0 unspecified atom stereocenters. The first-order chi connectivity index (χ1) is 11.0. The van der Waals surface area contributed by atoms with Crippen LogP contribution in [0.15, 0.2) is 30.5 Å². The zero-order valence-electron chi connectivity index (χ0n) is 12.4. The van der Waals surface area contributed by atoms with Crippen LogP contribution >= 0.6 is 0 Å². The summed E-state index contributed by atoms with van der Waals surface area (Å²) in [6.45, 7) is 1.65. The quantitative estimate of drug-likeness (QED) is 0.762. The first kappa shape index (κ1) is 14.6. The molecule has 3 rings (SSSR count). The van der Waals surface area contributed by atoms with Gasteiger partial charge in [-0.2, -0.15) is 9.78 Å². The lowest BCUT2D eigenvalue weighted by atomic mass is 10.2. The van der Waals surface area contributed by atoms with Crippen molar-refractivity contribution in [1.82, 2.24) is 30.0 Å². The maximum absolute atomic E-state index is 13.9. The van der Waals surface area contributed by atoms with E-state index >= 15 is 0 Å². The molecule has 23 heavy (non-hydrogen) atoms. The number of aryl methyl sites for hydroxylation is 2. The Kier molecular flexibility index (Phi) is 3.71. The van der Waals surface area contributed by atoms with E-state index in [1.165, 1.54) is 22.9 Å². The molecular formula is C13H13FN8O. The minimum Gasteiger partial charge on any atom is -0.308 e. The number of carbonyl (C=O) groups is 1. The second-order valence-electron chi connectivity index (χ2n) is 4.76. The lowest BCUT2D eigenvalue weighted by molar-refractivity contribution is 0.262. The lowest BCUT2D eigenvalue weighted by Crippen LogP contribution is -2.20. The molecule has 0 radical (unpaired) electrons. The molecule has 10 heteroatoms. The molecule has 2 aromatic heterocycles. The smallest absolute Gasteiger partial charge is 0.308 e. The van der Waals surface area contributed by atoms with Crippen LogP contribution in [0.1, 0.15) is 5.82 Å². The van der Waals surface area contributed by atoms with Gasteiger partial charge in [-0.25, -0.2) is 9.18 Å². The van der Waals surface area contributed by atoms with Crippen LogP contribution in [0.25, 0.3) is 5.69 Å². The van der Waals surface area contributed by atoms with Crippen LogP contribution in [0, 0.1) is 12.7 Å². The number of nitrogens with zero attached hydrogens (tertiary/aromatic N) is 6. The summed E-state index contributed by atoms with van der Waals surface area (Å²) in [7, 11) is 1.74. The van der Waals surface area contributed by atoms with Crippen molar-refractivity contribution in [2.45, 2.75) is 6.92 Å². The molecule has 0 fully saturated rings. The standard InChI is InChI=1S/C13H13FN8O/c1-8-17-19-20-22(8)11-7-9(3-4-10(11)14)15-13(23)16-12-5-6-21(2)18-12/h3-7H,1-2H3,(H2,15,16,18,23). The average Bonchev–Trinajstić information content (AvgIpc) is 3.09. The number of halogens is 1. The molecule has 2 N–H and O–H groups in total. The van der Waals surface area contributed by atoms with E-state index in [2.05, 4.69) is 31.3 Å². The van der Waals surface area contributed by atoms with Crippen LogP contribution in [0.3, 0.4) is 0 Å². The predicted molar refractivity (Wildman–Crippen MR) is 79.7 cm³/mol. The normalized spacial score (nSPS) is 10.6. The second-order valence-corrected chi connectivity index (χ2v) is 4.76. The van der Waals surface area contributed by atoms with Crippen molar-refractivity contribution in [1.29, 1.82) is 0 Å². The highest BCUT2D eigenvalue weighted by Gasteiger charge is 2.12. The molecule has 0 aliphatic carbocycles. The fourth-order valence-corrected chi connectivity index (χ4v) is 1.97. The zero-order valence-corrected chi connectivity index (χ0v) is 12.4. The number of hydrogen-bond donors (Lipinski definition) is 2. The van der Waals surface area contributed by atoms with Gasteiger partial charge in [0.25, 0.3) is 0 Å². The minimum atomic E-state index is -0.504. The van der Waals surface area contributed by atoms with E-state index in [9.17, 15) is 9.18 Å². The Morgan fingerprint density at radius 1 is 1.26 bits per heavy atom. The Morgan fingerprint density at radius 2 is 2.09 bits per heavy atom. The molecule has 9 nitrogen and oxygen atoms in total. The van der Waals surface area contributed by atoms with Gasteiger partial charge < -0.3 is 5.32 Å². The van der Waals surface area contributed by atoms with Crippen molar-refractivity contribution < 1.29 is 9.18 Å². The van der Waals surface area contributed by atoms with Crippen molar-refractivity contribution >= 4 is 17.5 Å². The Labute approximate surface area is 130 Å². The van der Waals surface area contributed by atoms with Crippen LogP contribution in [0.4, 0.5) is 20.7 Å². The Balaban J connectivity index is 1.78. The van der Waals surface area contributed by atoms with Crippen molar-refractivity contribution in [2.75, 3.05) is 10.6 Å². The fraction of sp³-hybridized carbons (Fsp3) is 0.154. The van der Waals surface area contributed by atoms with E-state index in [0.717, 1.165) is 0 Å². The van der Waals surface area contributed by atoms with E-state index in [1.54, 1.807) is 30.9 Å². The van der Waals surface area contributed by atoms with Gasteiger partial charge in [0.15, 0.2) is 11.6 Å². The van der Waals surface area contributed by atoms with E-state index in [4.69, 9.17) is 0 Å². The summed E-state index contributed by atoms with van der Waals surface area (Å²) < 4.78 is 16.8. The Hall–Kier alpha value is -3.30. The van der Waals surface area contributed by atoms with Gasteiger partial charge in [-0.15, -0.1) is 5.10 Å². The van der Waals surface area contributed by atoms with E-state index in [-0.39, 0.29) is 5.69 Å². The highest BCUT2D eigenvalue weighted by atomic mass is 19.1. The van der Waals surface area contributed by atoms with Crippen molar-refractivity contribution in [3.05, 3.63) is 42.1 Å². The molecular weight excluding hydrogens is 303 g/mol. The monoisotopic (exact) mass is 316 g/mol. The summed E-state index contributed by atoms with van der Waals surface area (Å²) in [6.07, 6.45) is 1.70. The molecule has 118 valence electrons. The van der Waals surface area contributed by atoms with E-state index in [0.29, 0.717) is 17.3 Å². The van der Waals surface area contributed by atoms with Crippen LogP contribution in [0.2, 0.25) is 0 Å². The van der Waals surface area contributed by atoms with Gasteiger partial charge in [-0.05, 0) is 35.5 Å². The second kappa shape index (κ2) is 5.83. The Bertz CT molecular complexity index is 855. The number of hydrogen-bond acceptors (Lipinski definition) is 5. The maximum Gasteiger partial charge on any atom is 0.324 e. The number of tetrazole rings is 1. The molecule has 0 saturated carbocycles. The molecule has 0 aliphatic heterocycles. The third kappa shape index (κ3) is 3.15. The van der Waals surface area contributed by atoms with Gasteiger partial charge >= 0.3 is 6.03 Å². The third-order valence-corrected chi connectivity index (χ3v) is 3.01. The number of anilines is 2. The average molecular weight is 316 g/mol. The number of urea groups is 1. The number of nitrogens with one attached hydrogen (secondary N) is 2. The summed E-state index contributed by atoms with van der Waals surface area (Å²) in [4.78, 5) is 11.9. The maximum atomic E-state index is 13.9. The molecule has 0 spiro atoms. The molecule has 2 heterocycles. The SMILES string of the molecule is Cc1nnnn1-c1cc(NC(=O)Nc2ccn(C)n2)ccc1F. The van der Waals surface area contributed by atoms with Gasteiger partial charge in [0, 0.05) is 25.0 Å². The molecule has 0 atom stereocenters. The van der Waals surface area contributed by atoms with E-state index in [1.807, 2.05) is 0 Å². The molecule has 1 aromatic carbocycles. The zero-order chi connectivity index (χ0) is 16.4. The van der Waals surface area contributed by atoms with Crippen molar-refractivity contribution in [3.8, 4) is 5.69 Å².